The Bertz CT molecular complexity index is 644. The van der Waals surface area contributed by atoms with Gasteiger partial charge >= 0.3 is 0 Å². The van der Waals surface area contributed by atoms with Crippen LogP contribution in [0.2, 0.25) is 0 Å². The van der Waals surface area contributed by atoms with Crippen LogP contribution >= 0.6 is 0 Å². The minimum atomic E-state index is -0.285. The minimum absolute atomic E-state index is 0.0403. The van der Waals surface area contributed by atoms with Gasteiger partial charge in [0.25, 0.3) is 0 Å². The highest BCUT2D eigenvalue weighted by molar-refractivity contribution is 5.77. The van der Waals surface area contributed by atoms with Crippen LogP contribution in [-0.4, -0.2) is 52.3 Å². The summed E-state index contributed by atoms with van der Waals surface area (Å²) in [4.78, 5) is 18.3. The van der Waals surface area contributed by atoms with Gasteiger partial charge in [0.05, 0.1) is 19.8 Å². The number of amides is 1. The Hall–Kier alpha value is -2.25. The van der Waals surface area contributed by atoms with Gasteiger partial charge in [0.2, 0.25) is 5.91 Å². The molecule has 1 aliphatic rings. The standard InChI is InChI=1S/C16H20N4O3/c1-12-17-16(19-18-12)14-9-20(7-8-23-14)15(21)11-22-10-13-5-3-2-4-6-13/h2-6,14H,7-11H2,1H3,(H,17,18,19)/t14-/m0/s1. The number of H-pyrrole nitrogens is 1. The molecule has 1 N–H and O–H groups in total. The number of aryl methyl sites for hydroxylation is 1. The highest BCUT2D eigenvalue weighted by atomic mass is 16.5. The molecule has 0 radical (unpaired) electrons. The average molecular weight is 316 g/mol. The number of carbonyl (C=O) groups is 1. The molecule has 23 heavy (non-hydrogen) atoms. The van der Waals surface area contributed by atoms with Crippen molar-refractivity contribution in [3.05, 3.63) is 47.5 Å². The fourth-order valence-electron chi connectivity index (χ4n) is 2.46. The predicted molar refractivity (Wildman–Crippen MR) is 82.5 cm³/mol. The first-order valence-electron chi connectivity index (χ1n) is 7.62. The maximum Gasteiger partial charge on any atom is 0.248 e. The monoisotopic (exact) mass is 316 g/mol. The summed E-state index contributed by atoms with van der Waals surface area (Å²) in [5.41, 5.74) is 1.05. The van der Waals surface area contributed by atoms with E-state index < -0.39 is 0 Å². The predicted octanol–water partition coefficient (Wildman–Crippen LogP) is 1.23. The van der Waals surface area contributed by atoms with E-state index in [9.17, 15) is 4.79 Å². The minimum Gasteiger partial charge on any atom is -0.367 e. The lowest BCUT2D eigenvalue weighted by molar-refractivity contribution is -0.144. The van der Waals surface area contributed by atoms with Crippen LogP contribution in [0.1, 0.15) is 23.3 Å². The Morgan fingerprint density at radius 3 is 3.00 bits per heavy atom. The molecular formula is C16H20N4O3. The number of aromatic nitrogens is 3. The van der Waals surface area contributed by atoms with E-state index in [0.717, 1.165) is 11.4 Å². The number of ether oxygens (including phenoxy) is 2. The van der Waals surface area contributed by atoms with Crippen LogP contribution in [0, 0.1) is 6.92 Å². The van der Waals surface area contributed by atoms with Crippen molar-refractivity contribution in [2.45, 2.75) is 19.6 Å². The molecule has 0 spiro atoms. The van der Waals surface area contributed by atoms with Crippen molar-refractivity contribution in [2.75, 3.05) is 26.3 Å². The van der Waals surface area contributed by atoms with E-state index in [1.807, 2.05) is 37.3 Å². The first-order chi connectivity index (χ1) is 11.2. The Balaban J connectivity index is 1.49. The Morgan fingerprint density at radius 2 is 2.26 bits per heavy atom. The molecule has 1 aliphatic heterocycles. The molecule has 1 aromatic carbocycles. The quantitative estimate of drug-likeness (QED) is 0.897. The van der Waals surface area contributed by atoms with E-state index in [-0.39, 0.29) is 18.6 Å². The molecule has 1 aromatic heterocycles. The third-order valence-electron chi connectivity index (χ3n) is 3.66. The van der Waals surface area contributed by atoms with Crippen molar-refractivity contribution < 1.29 is 14.3 Å². The number of hydrogen-bond acceptors (Lipinski definition) is 5. The lowest BCUT2D eigenvalue weighted by Gasteiger charge is -2.31. The highest BCUT2D eigenvalue weighted by Gasteiger charge is 2.27. The Kier molecular flexibility index (Phi) is 4.99. The van der Waals surface area contributed by atoms with Gasteiger partial charge in [-0.15, -0.1) is 0 Å². The molecule has 1 amide bonds. The zero-order chi connectivity index (χ0) is 16.1. The Labute approximate surface area is 134 Å². The van der Waals surface area contributed by atoms with Crippen LogP contribution in [-0.2, 0) is 20.9 Å². The number of nitrogens with one attached hydrogen (secondary N) is 1. The number of morpholine rings is 1. The van der Waals surface area contributed by atoms with Crippen LogP contribution in [0.3, 0.4) is 0 Å². The van der Waals surface area contributed by atoms with Gasteiger partial charge in [0.1, 0.15) is 18.5 Å². The molecule has 2 aromatic rings. The summed E-state index contributed by atoms with van der Waals surface area (Å²) in [7, 11) is 0. The van der Waals surface area contributed by atoms with Gasteiger partial charge in [-0.2, -0.15) is 5.10 Å². The van der Waals surface area contributed by atoms with Crippen molar-refractivity contribution in [3.63, 3.8) is 0 Å². The molecule has 2 heterocycles. The van der Waals surface area contributed by atoms with Crippen LogP contribution in [0.4, 0.5) is 0 Å². The number of hydrogen-bond donors (Lipinski definition) is 1. The first kappa shape index (κ1) is 15.6. The van der Waals surface area contributed by atoms with E-state index in [0.29, 0.717) is 32.1 Å². The fourth-order valence-corrected chi connectivity index (χ4v) is 2.46. The molecule has 0 aliphatic carbocycles. The van der Waals surface area contributed by atoms with Crippen molar-refractivity contribution in [3.8, 4) is 0 Å². The zero-order valence-corrected chi connectivity index (χ0v) is 13.1. The molecule has 1 fully saturated rings. The number of aromatic amines is 1. The summed E-state index contributed by atoms with van der Waals surface area (Å²) >= 11 is 0. The topological polar surface area (TPSA) is 80.3 Å². The van der Waals surface area contributed by atoms with Crippen LogP contribution in [0.15, 0.2) is 30.3 Å². The number of nitrogens with zero attached hydrogens (tertiary/aromatic N) is 3. The molecule has 1 atom stereocenters. The van der Waals surface area contributed by atoms with Gasteiger partial charge < -0.3 is 14.4 Å². The SMILES string of the molecule is Cc1nc([C@@H]2CN(C(=O)COCc3ccccc3)CCO2)n[nH]1. The second-order valence-electron chi connectivity index (χ2n) is 5.46. The second kappa shape index (κ2) is 7.34. The lowest BCUT2D eigenvalue weighted by atomic mass is 10.2. The summed E-state index contributed by atoms with van der Waals surface area (Å²) in [6.07, 6.45) is -0.285. The van der Waals surface area contributed by atoms with Crippen molar-refractivity contribution >= 4 is 5.91 Å². The van der Waals surface area contributed by atoms with Gasteiger partial charge in [0, 0.05) is 6.54 Å². The summed E-state index contributed by atoms with van der Waals surface area (Å²) in [5.74, 6) is 1.28. The maximum atomic E-state index is 12.3. The molecule has 0 unspecified atom stereocenters. The fraction of sp³-hybridized carbons (Fsp3) is 0.438. The van der Waals surface area contributed by atoms with Crippen molar-refractivity contribution in [2.24, 2.45) is 0 Å². The molecule has 1 saturated heterocycles. The van der Waals surface area contributed by atoms with E-state index >= 15 is 0 Å². The maximum absolute atomic E-state index is 12.3. The molecule has 7 heteroatoms. The Morgan fingerprint density at radius 1 is 1.43 bits per heavy atom. The van der Waals surface area contributed by atoms with Crippen molar-refractivity contribution in [1.29, 1.82) is 0 Å². The zero-order valence-electron chi connectivity index (χ0n) is 13.1. The van der Waals surface area contributed by atoms with Gasteiger partial charge in [-0.1, -0.05) is 30.3 Å². The lowest BCUT2D eigenvalue weighted by Crippen LogP contribution is -2.44. The van der Waals surface area contributed by atoms with Crippen molar-refractivity contribution in [1.82, 2.24) is 20.1 Å². The molecule has 0 bridgehead atoms. The highest BCUT2D eigenvalue weighted by Crippen LogP contribution is 2.19. The van der Waals surface area contributed by atoms with Gasteiger partial charge in [-0.25, -0.2) is 4.98 Å². The largest absolute Gasteiger partial charge is 0.367 e. The summed E-state index contributed by atoms with van der Waals surface area (Å²) in [5, 5.41) is 6.90. The van der Waals surface area contributed by atoms with E-state index in [4.69, 9.17) is 9.47 Å². The molecule has 3 rings (SSSR count). The van der Waals surface area contributed by atoms with Crippen LogP contribution in [0.25, 0.3) is 0 Å². The van der Waals surface area contributed by atoms with E-state index in [1.165, 1.54) is 0 Å². The third-order valence-corrected chi connectivity index (χ3v) is 3.66. The first-order valence-corrected chi connectivity index (χ1v) is 7.62. The normalized spacial score (nSPS) is 18.1. The van der Waals surface area contributed by atoms with E-state index in [1.54, 1.807) is 4.90 Å². The number of carbonyl (C=O) groups excluding carboxylic acids is 1. The molecule has 7 nitrogen and oxygen atoms in total. The van der Waals surface area contributed by atoms with Gasteiger partial charge in [0.15, 0.2) is 5.82 Å². The third kappa shape index (κ3) is 4.14. The van der Waals surface area contributed by atoms with Gasteiger partial charge in [-0.3, -0.25) is 9.89 Å². The average Bonchev–Trinajstić information content (AvgIpc) is 3.02. The summed E-state index contributed by atoms with van der Waals surface area (Å²) in [6, 6.07) is 9.80. The van der Waals surface area contributed by atoms with Crippen LogP contribution in [0.5, 0.6) is 0 Å². The summed E-state index contributed by atoms with van der Waals surface area (Å²) < 4.78 is 11.2. The number of rotatable bonds is 5. The molecular weight excluding hydrogens is 296 g/mol. The van der Waals surface area contributed by atoms with E-state index in [2.05, 4.69) is 15.2 Å². The summed E-state index contributed by atoms with van der Waals surface area (Å²) in [6.45, 7) is 3.82. The number of benzene rings is 1. The molecule has 122 valence electrons. The molecule has 0 saturated carbocycles. The van der Waals surface area contributed by atoms with Gasteiger partial charge in [-0.05, 0) is 12.5 Å². The smallest absolute Gasteiger partial charge is 0.248 e. The second-order valence-corrected chi connectivity index (χ2v) is 5.46. The van der Waals surface area contributed by atoms with Crippen LogP contribution < -0.4 is 0 Å².